The van der Waals surface area contributed by atoms with Crippen molar-refractivity contribution < 1.29 is 5.21 Å². The molecule has 5 nitrogen and oxygen atoms in total. The van der Waals surface area contributed by atoms with E-state index in [9.17, 15) is 0 Å². The van der Waals surface area contributed by atoms with Crippen molar-refractivity contribution in [3.8, 4) is 0 Å². The molecule has 0 spiro atoms. The molecule has 0 atom stereocenters. The Balaban J connectivity index is 3.62. The Kier molecular flexibility index (Phi) is 5.85. The number of halogens is 4. The topological polar surface area (TPSA) is 61.6 Å². The molecule has 0 radical (unpaired) electrons. The van der Waals surface area contributed by atoms with Crippen LogP contribution in [-0.4, -0.2) is 35.0 Å². The number of aromatic nitrogens is 2. The molecule has 0 fully saturated rings. The fourth-order valence-electron chi connectivity index (χ4n) is 1.24. The van der Waals surface area contributed by atoms with Crippen molar-refractivity contribution in [2.75, 3.05) is 19.0 Å². The second-order valence-electron chi connectivity index (χ2n) is 3.69. The molecule has 0 aromatic carbocycles. The van der Waals surface area contributed by atoms with Crippen molar-refractivity contribution in [1.82, 2.24) is 9.97 Å². The van der Waals surface area contributed by atoms with E-state index in [4.69, 9.17) is 40.0 Å². The summed E-state index contributed by atoms with van der Waals surface area (Å²) in [6.45, 7) is 1.58. The molecule has 1 rings (SSSR count). The summed E-state index contributed by atoms with van der Waals surface area (Å²) >= 11 is 20.7. The zero-order chi connectivity index (χ0) is 14.7. The smallest absolute Gasteiger partial charge is 0.180 e. The number of anilines is 1. The zero-order valence-corrected chi connectivity index (χ0v) is 14.1. The van der Waals surface area contributed by atoms with Gasteiger partial charge in [-0.3, -0.25) is 0 Å². The van der Waals surface area contributed by atoms with Gasteiger partial charge in [0.15, 0.2) is 5.82 Å². The molecule has 0 saturated heterocycles. The van der Waals surface area contributed by atoms with Gasteiger partial charge in [0.2, 0.25) is 0 Å². The molecule has 0 amide bonds. The molecule has 9 heteroatoms. The van der Waals surface area contributed by atoms with Crippen LogP contribution in [0.5, 0.6) is 0 Å². The summed E-state index contributed by atoms with van der Waals surface area (Å²) in [5.74, 6) is 0.751. The van der Waals surface area contributed by atoms with E-state index in [0.717, 1.165) is 0 Å². The Morgan fingerprint density at radius 2 is 1.84 bits per heavy atom. The van der Waals surface area contributed by atoms with Crippen molar-refractivity contribution in [3.63, 3.8) is 0 Å². The Labute approximate surface area is 134 Å². The van der Waals surface area contributed by atoms with Crippen molar-refractivity contribution >= 4 is 67.3 Å². The van der Waals surface area contributed by atoms with E-state index in [1.165, 1.54) is 0 Å². The number of oxime groups is 1. The van der Waals surface area contributed by atoms with Crippen LogP contribution in [0.25, 0.3) is 5.03 Å². The zero-order valence-electron chi connectivity index (χ0n) is 10.2. The number of hydrogen-bond donors (Lipinski definition) is 1. The van der Waals surface area contributed by atoms with Gasteiger partial charge < -0.3 is 10.1 Å². The summed E-state index contributed by atoms with van der Waals surface area (Å²) in [6.07, 6.45) is 0. The fourth-order valence-corrected chi connectivity index (χ4v) is 2.26. The minimum Gasteiger partial charge on any atom is -0.411 e. The summed E-state index contributed by atoms with van der Waals surface area (Å²) in [5, 5.41) is 12.0. The molecule has 0 aliphatic heterocycles. The lowest BCUT2D eigenvalue weighted by Gasteiger charge is -2.17. The van der Waals surface area contributed by atoms with Crippen LogP contribution in [0.1, 0.15) is 18.3 Å². The second kappa shape index (κ2) is 6.74. The fraction of sp³-hybridized carbons (Fsp3) is 0.300. The van der Waals surface area contributed by atoms with E-state index in [1.54, 1.807) is 25.9 Å². The first-order valence-corrected chi connectivity index (χ1v) is 6.87. The van der Waals surface area contributed by atoms with Crippen LogP contribution in [0, 0.1) is 0 Å². The lowest BCUT2D eigenvalue weighted by atomic mass is 10.2. The molecule has 1 N–H and O–H groups in total. The van der Waals surface area contributed by atoms with Gasteiger partial charge >= 0.3 is 0 Å². The molecule has 1 aromatic heterocycles. The van der Waals surface area contributed by atoms with Crippen LogP contribution >= 0.6 is 50.7 Å². The largest absolute Gasteiger partial charge is 0.411 e. The monoisotopic (exact) mass is 386 g/mol. The Morgan fingerprint density at radius 3 is 2.26 bits per heavy atom. The van der Waals surface area contributed by atoms with Crippen molar-refractivity contribution in [3.05, 3.63) is 20.5 Å². The van der Waals surface area contributed by atoms with Gasteiger partial charge in [-0.05, 0) is 22.9 Å². The molecule has 1 aromatic rings. The highest BCUT2D eigenvalue weighted by molar-refractivity contribution is 9.10. The maximum Gasteiger partial charge on any atom is 0.180 e. The predicted octanol–water partition coefficient (Wildman–Crippen LogP) is 3.85. The van der Waals surface area contributed by atoms with Gasteiger partial charge in [0, 0.05) is 14.1 Å². The first-order valence-electron chi connectivity index (χ1n) is 4.94. The number of rotatable bonds is 3. The quantitative estimate of drug-likeness (QED) is 0.370. The molecule has 1 heterocycles. The molecule has 0 saturated carbocycles. The Morgan fingerprint density at radius 1 is 1.26 bits per heavy atom. The summed E-state index contributed by atoms with van der Waals surface area (Å²) in [7, 11) is 3.56. The van der Waals surface area contributed by atoms with Gasteiger partial charge in [0.05, 0.1) is 10.6 Å². The minimum atomic E-state index is -0.0886. The molecule has 19 heavy (non-hydrogen) atoms. The molecule has 0 aliphatic rings. The number of hydrogen-bond acceptors (Lipinski definition) is 5. The van der Waals surface area contributed by atoms with E-state index < -0.39 is 0 Å². The maximum atomic E-state index is 8.78. The lowest BCUT2D eigenvalue weighted by Crippen LogP contribution is -2.17. The highest BCUT2D eigenvalue weighted by Gasteiger charge is 2.20. The first-order chi connectivity index (χ1) is 8.79. The lowest BCUT2D eigenvalue weighted by molar-refractivity contribution is 0.318. The average Bonchev–Trinajstić information content (AvgIpc) is 2.35. The standard InChI is InChI=1S/C10H10BrCl3N4O/c1-4(17-19)9-15-7(11)5(6(12)8(13)14)10(16-9)18(2)3/h19H,1-3H3/b17-4+. The minimum absolute atomic E-state index is 0.0886. The molecule has 0 aliphatic carbocycles. The maximum absolute atomic E-state index is 8.78. The molecule has 0 unspecified atom stereocenters. The molecular weight excluding hydrogens is 378 g/mol. The van der Waals surface area contributed by atoms with Gasteiger partial charge in [-0.15, -0.1) is 0 Å². The van der Waals surface area contributed by atoms with E-state index in [-0.39, 0.29) is 21.1 Å². The van der Waals surface area contributed by atoms with Crippen LogP contribution < -0.4 is 4.90 Å². The van der Waals surface area contributed by atoms with Gasteiger partial charge in [-0.25, -0.2) is 9.97 Å². The van der Waals surface area contributed by atoms with Crippen LogP contribution in [0.4, 0.5) is 5.82 Å². The molecule has 0 bridgehead atoms. The van der Waals surface area contributed by atoms with Gasteiger partial charge in [-0.1, -0.05) is 40.0 Å². The van der Waals surface area contributed by atoms with Gasteiger partial charge in [0.25, 0.3) is 0 Å². The second-order valence-corrected chi connectivity index (χ2v) is 5.77. The third-order valence-corrected chi connectivity index (χ3v) is 3.65. The summed E-state index contributed by atoms with van der Waals surface area (Å²) in [5.41, 5.74) is 0.730. The van der Waals surface area contributed by atoms with E-state index >= 15 is 0 Å². The van der Waals surface area contributed by atoms with E-state index in [0.29, 0.717) is 16.0 Å². The highest BCUT2D eigenvalue weighted by atomic mass is 79.9. The normalized spacial score (nSPS) is 11.4. The summed E-state index contributed by atoms with van der Waals surface area (Å²) < 4.78 is 0.308. The summed E-state index contributed by atoms with van der Waals surface area (Å²) in [4.78, 5) is 10.1. The van der Waals surface area contributed by atoms with Crippen LogP contribution in [0.2, 0.25) is 0 Å². The van der Waals surface area contributed by atoms with Gasteiger partial charge in [0.1, 0.15) is 20.6 Å². The highest BCUT2D eigenvalue weighted by Crippen LogP contribution is 2.37. The Hall–Kier alpha value is -0.560. The Bertz CT molecular complexity index is 556. The van der Waals surface area contributed by atoms with Crippen LogP contribution in [-0.2, 0) is 0 Å². The van der Waals surface area contributed by atoms with E-state index in [2.05, 4.69) is 31.1 Å². The summed E-state index contributed by atoms with van der Waals surface area (Å²) in [6, 6.07) is 0. The molecule has 104 valence electrons. The predicted molar refractivity (Wildman–Crippen MR) is 82.5 cm³/mol. The van der Waals surface area contributed by atoms with Crippen LogP contribution in [0.15, 0.2) is 14.3 Å². The van der Waals surface area contributed by atoms with Crippen molar-refractivity contribution in [2.24, 2.45) is 5.16 Å². The number of nitrogens with zero attached hydrogens (tertiary/aromatic N) is 4. The van der Waals surface area contributed by atoms with Crippen LogP contribution in [0.3, 0.4) is 0 Å². The first kappa shape index (κ1) is 16.5. The van der Waals surface area contributed by atoms with Crippen molar-refractivity contribution in [1.29, 1.82) is 0 Å². The average molecular weight is 388 g/mol. The third-order valence-electron chi connectivity index (χ3n) is 2.13. The van der Waals surface area contributed by atoms with Gasteiger partial charge in [-0.2, -0.15) is 0 Å². The SMILES string of the molecule is C/C(=N\O)c1nc(Br)c(C(Cl)=C(Cl)Cl)c(N(C)C)n1. The third kappa shape index (κ3) is 3.72. The van der Waals surface area contributed by atoms with E-state index in [1.807, 2.05) is 0 Å². The molecular formula is C10H10BrCl3N4O. The van der Waals surface area contributed by atoms with Crippen molar-refractivity contribution in [2.45, 2.75) is 6.92 Å².